The molecule has 4 nitrogen and oxygen atoms in total. The van der Waals surface area contributed by atoms with Gasteiger partial charge in [0.1, 0.15) is 5.84 Å². The minimum absolute atomic E-state index is 0.0631. The number of aromatic nitrogens is 2. The smallest absolute Gasteiger partial charge is 0.122 e. The number of nitrogens with two attached hydrogens (primary N) is 1. The number of nitrogens with zero attached hydrogens (tertiary/aromatic N) is 2. The van der Waals surface area contributed by atoms with Crippen LogP contribution in [0.1, 0.15) is 11.1 Å². The van der Waals surface area contributed by atoms with E-state index in [1.165, 1.54) is 0 Å². The first-order valence-electron chi connectivity index (χ1n) is 4.73. The molecule has 0 atom stereocenters. The van der Waals surface area contributed by atoms with Crippen molar-refractivity contribution in [2.24, 2.45) is 5.73 Å². The van der Waals surface area contributed by atoms with Gasteiger partial charge in [0, 0.05) is 11.8 Å². The van der Waals surface area contributed by atoms with Crippen LogP contribution in [0.4, 0.5) is 0 Å². The number of benzene rings is 1. The molecule has 16 heavy (non-hydrogen) atoms. The molecule has 0 bridgehead atoms. The van der Waals surface area contributed by atoms with E-state index in [0.29, 0.717) is 10.6 Å². The number of nitrogen functional groups attached to an aromatic ring is 1. The van der Waals surface area contributed by atoms with Gasteiger partial charge in [-0.1, -0.05) is 11.6 Å². The maximum absolute atomic E-state index is 7.35. The zero-order valence-corrected chi connectivity index (χ0v) is 9.49. The Morgan fingerprint density at radius 2 is 2.25 bits per heavy atom. The average molecular weight is 235 g/mol. The lowest BCUT2D eigenvalue weighted by Gasteiger charge is -2.07. The van der Waals surface area contributed by atoms with Crippen molar-refractivity contribution < 1.29 is 0 Å². The van der Waals surface area contributed by atoms with Crippen LogP contribution in [0.15, 0.2) is 30.6 Å². The summed E-state index contributed by atoms with van der Waals surface area (Å²) >= 11 is 5.81. The molecule has 0 spiro atoms. The van der Waals surface area contributed by atoms with E-state index < -0.39 is 0 Å². The molecule has 1 aromatic heterocycles. The highest BCUT2D eigenvalue weighted by Gasteiger charge is 2.05. The molecule has 1 aromatic carbocycles. The SMILES string of the molecule is Cc1cc(C(=N)N)ccc1-n1cc(Cl)cn1. The fourth-order valence-corrected chi connectivity index (χ4v) is 1.65. The molecule has 0 saturated heterocycles. The third-order valence-corrected chi connectivity index (χ3v) is 2.50. The van der Waals surface area contributed by atoms with Crippen LogP contribution in [0.2, 0.25) is 5.02 Å². The van der Waals surface area contributed by atoms with Crippen LogP contribution in [-0.2, 0) is 0 Å². The van der Waals surface area contributed by atoms with Crippen molar-refractivity contribution in [3.05, 3.63) is 46.7 Å². The fourth-order valence-electron chi connectivity index (χ4n) is 1.51. The predicted molar refractivity (Wildman–Crippen MR) is 64.3 cm³/mol. The highest BCUT2D eigenvalue weighted by Crippen LogP contribution is 2.17. The van der Waals surface area contributed by atoms with Crippen molar-refractivity contribution in [2.75, 3.05) is 0 Å². The van der Waals surface area contributed by atoms with E-state index in [1.807, 2.05) is 19.1 Å². The molecule has 0 unspecified atom stereocenters. The van der Waals surface area contributed by atoms with Crippen LogP contribution in [-0.4, -0.2) is 15.6 Å². The van der Waals surface area contributed by atoms with Gasteiger partial charge in [0.2, 0.25) is 0 Å². The van der Waals surface area contributed by atoms with Gasteiger partial charge in [-0.25, -0.2) is 4.68 Å². The number of hydrogen-bond acceptors (Lipinski definition) is 2. The minimum atomic E-state index is 0.0631. The van der Waals surface area contributed by atoms with Crippen LogP contribution in [0, 0.1) is 12.3 Å². The Bertz CT molecular complexity index is 545. The van der Waals surface area contributed by atoms with Crippen molar-refractivity contribution in [1.29, 1.82) is 5.41 Å². The topological polar surface area (TPSA) is 67.7 Å². The van der Waals surface area contributed by atoms with Gasteiger partial charge < -0.3 is 5.73 Å². The van der Waals surface area contributed by atoms with Crippen molar-refractivity contribution in [3.63, 3.8) is 0 Å². The van der Waals surface area contributed by atoms with Gasteiger partial charge in [-0.15, -0.1) is 0 Å². The highest BCUT2D eigenvalue weighted by molar-refractivity contribution is 6.30. The number of aryl methyl sites for hydroxylation is 1. The molecule has 2 aromatic rings. The van der Waals surface area contributed by atoms with Crippen LogP contribution in [0.3, 0.4) is 0 Å². The molecule has 1 heterocycles. The summed E-state index contributed by atoms with van der Waals surface area (Å²) in [5, 5.41) is 12.1. The zero-order valence-electron chi connectivity index (χ0n) is 8.74. The average Bonchev–Trinajstić information content (AvgIpc) is 2.64. The van der Waals surface area contributed by atoms with Gasteiger partial charge in [-0.3, -0.25) is 5.41 Å². The van der Waals surface area contributed by atoms with E-state index in [1.54, 1.807) is 23.1 Å². The van der Waals surface area contributed by atoms with Crippen LogP contribution >= 0.6 is 11.6 Å². The summed E-state index contributed by atoms with van der Waals surface area (Å²) in [6.07, 6.45) is 3.32. The van der Waals surface area contributed by atoms with E-state index in [2.05, 4.69) is 5.10 Å². The lowest BCUT2D eigenvalue weighted by molar-refractivity contribution is 0.872. The first-order valence-corrected chi connectivity index (χ1v) is 5.11. The molecule has 0 aliphatic carbocycles. The lowest BCUT2D eigenvalue weighted by Crippen LogP contribution is -2.11. The Hall–Kier alpha value is -1.81. The molecule has 3 N–H and O–H groups in total. The van der Waals surface area contributed by atoms with Crippen molar-refractivity contribution >= 4 is 17.4 Å². The summed E-state index contributed by atoms with van der Waals surface area (Å²) in [6.45, 7) is 1.94. The highest BCUT2D eigenvalue weighted by atomic mass is 35.5. The second kappa shape index (κ2) is 3.98. The largest absolute Gasteiger partial charge is 0.384 e. The van der Waals surface area contributed by atoms with Gasteiger partial charge in [-0.05, 0) is 30.7 Å². The fraction of sp³-hybridized carbons (Fsp3) is 0.0909. The Kier molecular flexibility index (Phi) is 2.66. The van der Waals surface area contributed by atoms with E-state index in [-0.39, 0.29) is 5.84 Å². The Morgan fingerprint density at radius 1 is 1.50 bits per heavy atom. The van der Waals surface area contributed by atoms with Crippen LogP contribution < -0.4 is 5.73 Å². The first kappa shape index (κ1) is 10.7. The van der Waals surface area contributed by atoms with Crippen LogP contribution in [0.5, 0.6) is 0 Å². The molecule has 5 heteroatoms. The molecule has 2 rings (SSSR count). The molecule has 0 fully saturated rings. The minimum Gasteiger partial charge on any atom is -0.384 e. The summed E-state index contributed by atoms with van der Waals surface area (Å²) < 4.78 is 1.70. The molecule has 0 amide bonds. The first-order chi connectivity index (χ1) is 7.58. The van der Waals surface area contributed by atoms with Crippen molar-refractivity contribution in [1.82, 2.24) is 9.78 Å². The lowest BCUT2D eigenvalue weighted by atomic mass is 10.1. The molecular weight excluding hydrogens is 224 g/mol. The summed E-state index contributed by atoms with van der Waals surface area (Å²) in [5.41, 5.74) is 8.04. The predicted octanol–water partition coefficient (Wildman–Crippen LogP) is 2.12. The van der Waals surface area contributed by atoms with Gasteiger partial charge in [0.05, 0.1) is 16.9 Å². The number of hydrogen-bond donors (Lipinski definition) is 2. The maximum Gasteiger partial charge on any atom is 0.122 e. The van der Waals surface area contributed by atoms with Crippen LogP contribution in [0.25, 0.3) is 5.69 Å². The number of rotatable bonds is 2. The normalized spacial score (nSPS) is 10.4. The third kappa shape index (κ3) is 1.92. The van der Waals surface area contributed by atoms with Gasteiger partial charge in [0.25, 0.3) is 0 Å². The maximum atomic E-state index is 7.35. The molecule has 82 valence electrons. The zero-order chi connectivity index (χ0) is 11.7. The van der Waals surface area contributed by atoms with Gasteiger partial charge in [-0.2, -0.15) is 5.10 Å². The van der Waals surface area contributed by atoms with E-state index >= 15 is 0 Å². The quantitative estimate of drug-likeness (QED) is 0.617. The third-order valence-electron chi connectivity index (χ3n) is 2.31. The van der Waals surface area contributed by atoms with Crippen molar-refractivity contribution in [2.45, 2.75) is 6.92 Å². The molecule has 0 saturated carbocycles. The van der Waals surface area contributed by atoms with Gasteiger partial charge in [0.15, 0.2) is 0 Å². The van der Waals surface area contributed by atoms with E-state index in [4.69, 9.17) is 22.7 Å². The second-order valence-electron chi connectivity index (χ2n) is 3.52. The Labute approximate surface area is 98.2 Å². The summed E-state index contributed by atoms with van der Waals surface area (Å²) in [4.78, 5) is 0. The molecule has 0 aliphatic rings. The summed E-state index contributed by atoms with van der Waals surface area (Å²) in [6, 6.07) is 5.52. The summed E-state index contributed by atoms with van der Waals surface area (Å²) in [5.74, 6) is 0.0631. The standard InChI is InChI=1S/C11H11ClN4/c1-7-4-8(11(13)14)2-3-10(7)16-6-9(12)5-15-16/h2-6H,1H3,(H3,13,14). The molecule has 0 aliphatic heterocycles. The Balaban J connectivity index is 2.47. The van der Waals surface area contributed by atoms with Gasteiger partial charge >= 0.3 is 0 Å². The summed E-state index contributed by atoms with van der Waals surface area (Å²) in [7, 11) is 0. The number of nitrogens with one attached hydrogen (secondary N) is 1. The molecule has 0 radical (unpaired) electrons. The van der Waals surface area contributed by atoms with E-state index in [9.17, 15) is 0 Å². The Morgan fingerprint density at radius 3 is 2.75 bits per heavy atom. The number of amidine groups is 1. The molecular formula is C11H11ClN4. The number of halogens is 1. The monoisotopic (exact) mass is 234 g/mol. The second-order valence-corrected chi connectivity index (χ2v) is 3.95. The van der Waals surface area contributed by atoms with E-state index in [0.717, 1.165) is 11.3 Å². The van der Waals surface area contributed by atoms with Crippen molar-refractivity contribution in [3.8, 4) is 5.69 Å².